The first-order valence-electron chi connectivity index (χ1n) is 7.50. The van der Waals surface area contributed by atoms with Gasteiger partial charge in [-0.05, 0) is 66.5 Å². The van der Waals surface area contributed by atoms with Crippen molar-refractivity contribution in [2.75, 3.05) is 7.05 Å². The molecule has 2 saturated carbocycles. The Morgan fingerprint density at radius 1 is 1.21 bits per heavy atom. The fraction of sp³-hybridized carbons (Fsp3) is 0.529. The monoisotopic (exact) mass is 271 g/mol. The van der Waals surface area contributed by atoms with E-state index < -0.39 is 0 Å². The Hall–Kier alpha value is -0.860. The standard InChI is InChI=1S/C17H21NS/c1-18-16(15-10-11-5-6-13(15)9-11)14-4-2-3-12-7-8-19-17(12)14/h2-4,7-8,11,13,15-16,18H,5-6,9-10H2,1H3. The van der Waals surface area contributed by atoms with Crippen molar-refractivity contribution in [2.45, 2.75) is 31.7 Å². The predicted octanol–water partition coefficient (Wildman–Crippen LogP) is 4.60. The average molecular weight is 271 g/mol. The lowest BCUT2D eigenvalue weighted by molar-refractivity contribution is 0.261. The van der Waals surface area contributed by atoms with Gasteiger partial charge >= 0.3 is 0 Å². The first-order chi connectivity index (χ1) is 9.36. The smallest absolute Gasteiger partial charge is 0.0390 e. The summed E-state index contributed by atoms with van der Waals surface area (Å²) in [6, 6.07) is 9.60. The summed E-state index contributed by atoms with van der Waals surface area (Å²) in [5.41, 5.74) is 1.53. The van der Waals surface area contributed by atoms with Crippen molar-refractivity contribution < 1.29 is 0 Å². The Balaban J connectivity index is 1.74. The molecule has 2 aromatic rings. The van der Waals surface area contributed by atoms with Gasteiger partial charge in [0.25, 0.3) is 0 Å². The van der Waals surface area contributed by atoms with E-state index in [4.69, 9.17) is 0 Å². The Labute approximate surface area is 119 Å². The van der Waals surface area contributed by atoms with E-state index in [9.17, 15) is 0 Å². The highest BCUT2D eigenvalue weighted by Crippen LogP contribution is 2.53. The summed E-state index contributed by atoms with van der Waals surface area (Å²) in [6.07, 6.45) is 5.88. The summed E-state index contributed by atoms with van der Waals surface area (Å²) in [5, 5.41) is 7.27. The average Bonchev–Trinajstić information content (AvgIpc) is 3.15. The number of thiophene rings is 1. The van der Waals surface area contributed by atoms with Crippen LogP contribution in [-0.4, -0.2) is 7.05 Å². The summed E-state index contributed by atoms with van der Waals surface area (Å²) in [5.74, 6) is 2.85. The van der Waals surface area contributed by atoms with Crippen LogP contribution in [0.1, 0.15) is 37.3 Å². The fourth-order valence-corrected chi connectivity index (χ4v) is 5.52. The zero-order valence-corrected chi connectivity index (χ0v) is 12.2. The van der Waals surface area contributed by atoms with Crippen LogP contribution in [0.2, 0.25) is 0 Å². The molecule has 2 bridgehead atoms. The Morgan fingerprint density at radius 2 is 2.16 bits per heavy atom. The van der Waals surface area contributed by atoms with Crippen LogP contribution in [0, 0.1) is 17.8 Å². The minimum Gasteiger partial charge on any atom is -0.313 e. The lowest BCUT2D eigenvalue weighted by atomic mass is 9.80. The van der Waals surface area contributed by atoms with Crippen LogP contribution in [0.4, 0.5) is 0 Å². The SMILES string of the molecule is CNC(c1cccc2ccsc12)C1CC2CCC1C2. The molecule has 1 N–H and O–H groups in total. The third-order valence-corrected chi connectivity index (χ3v) is 6.36. The van der Waals surface area contributed by atoms with Crippen LogP contribution in [-0.2, 0) is 0 Å². The molecule has 4 atom stereocenters. The summed E-state index contributed by atoms with van der Waals surface area (Å²) in [4.78, 5) is 0. The minimum absolute atomic E-state index is 0.553. The molecule has 1 heterocycles. The number of hydrogen-bond donors (Lipinski definition) is 1. The fourth-order valence-electron chi connectivity index (χ4n) is 4.56. The Morgan fingerprint density at radius 3 is 2.89 bits per heavy atom. The maximum Gasteiger partial charge on any atom is 0.0390 e. The molecule has 2 aliphatic rings. The van der Waals surface area contributed by atoms with E-state index >= 15 is 0 Å². The summed E-state index contributed by atoms with van der Waals surface area (Å²) >= 11 is 1.90. The molecule has 0 radical (unpaired) electrons. The van der Waals surface area contributed by atoms with Gasteiger partial charge in [-0.3, -0.25) is 0 Å². The normalized spacial score (nSPS) is 31.1. The molecule has 0 spiro atoms. The van der Waals surface area contributed by atoms with Crippen LogP contribution in [0.5, 0.6) is 0 Å². The van der Waals surface area contributed by atoms with Crippen molar-refractivity contribution in [3.63, 3.8) is 0 Å². The van der Waals surface area contributed by atoms with E-state index in [1.54, 1.807) is 0 Å². The van der Waals surface area contributed by atoms with Gasteiger partial charge in [0.2, 0.25) is 0 Å². The van der Waals surface area contributed by atoms with Crippen LogP contribution in [0.15, 0.2) is 29.6 Å². The molecule has 1 aromatic carbocycles. The molecule has 2 fully saturated rings. The van der Waals surface area contributed by atoms with Gasteiger partial charge in [-0.25, -0.2) is 0 Å². The van der Waals surface area contributed by atoms with Crippen LogP contribution in [0.3, 0.4) is 0 Å². The maximum atomic E-state index is 3.63. The number of rotatable bonds is 3. The highest BCUT2D eigenvalue weighted by molar-refractivity contribution is 7.17. The molecule has 19 heavy (non-hydrogen) atoms. The quantitative estimate of drug-likeness (QED) is 0.860. The molecule has 2 aliphatic carbocycles. The van der Waals surface area contributed by atoms with E-state index in [0.29, 0.717) is 6.04 Å². The van der Waals surface area contributed by atoms with Crippen molar-refractivity contribution in [3.05, 3.63) is 35.2 Å². The number of nitrogens with one attached hydrogen (secondary N) is 1. The van der Waals surface area contributed by atoms with Crippen LogP contribution < -0.4 is 5.32 Å². The molecule has 4 unspecified atom stereocenters. The van der Waals surface area contributed by atoms with Gasteiger partial charge in [-0.2, -0.15) is 0 Å². The second-order valence-electron chi connectivity index (χ2n) is 6.29. The van der Waals surface area contributed by atoms with Gasteiger partial charge in [0.1, 0.15) is 0 Å². The predicted molar refractivity (Wildman–Crippen MR) is 82.6 cm³/mol. The lowest BCUT2D eigenvalue weighted by Gasteiger charge is -2.31. The molecule has 1 aromatic heterocycles. The number of benzene rings is 1. The molecular formula is C17H21NS. The molecule has 0 aliphatic heterocycles. The van der Waals surface area contributed by atoms with E-state index in [2.05, 4.69) is 42.0 Å². The molecule has 0 amide bonds. The van der Waals surface area contributed by atoms with Crippen LogP contribution in [0.25, 0.3) is 10.1 Å². The van der Waals surface area contributed by atoms with Crippen molar-refractivity contribution in [3.8, 4) is 0 Å². The Kier molecular flexibility index (Phi) is 2.89. The second-order valence-corrected chi connectivity index (χ2v) is 7.21. The first-order valence-corrected chi connectivity index (χ1v) is 8.38. The van der Waals surface area contributed by atoms with E-state index in [1.807, 2.05) is 11.3 Å². The molecular weight excluding hydrogens is 250 g/mol. The topological polar surface area (TPSA) is 12.0 Å². The van der Waals surface area contributed by atoms with Crippen LogP contribution >= 0.6 is 11.3 Å². The highest BCUT2D eigenvalue weighted by Gasteiger charge is 2.43. The second kappa shape index (κ2) is 4.60. The lowest BCUT2D eigenvalue weighted by Crippen LogP contribution is -2.29. The third-order valence-electron chi connectivity index (χ3n) is 5.38. The largest absolute Gasteiger partial charge is 0.313 e. The highest BCUT2D eigenvalue weighted by atomic mass is 32.1. The zero-order valence-electron chi connectivity index (χ0n) is 11.4. The van der Waals surface area contributed by atoms with Gasteiger partial charge < -0.3 is 5.32 Å². The van der Waals surface area contributed by atoms with Gasteiger partial charge in [0, 0.05) is 10.7 Å². The maximum absolute atomic E-state index is 3.63. The van der Waals surface area contributed by atoms with Gasteiger partial charge in [-0.1, -0.05) is 24.6 Å². The zero-order chi connectivity index (χ0) is 12.8. The van der Waals surface area contributed by atoms with Crippen molar-refractivity contribution in [2.24, 2.45) is 17.8 Å². The molecule has 2 heteroatoms. The molecule has 100 valence electrons. The minimum atomic E-state index is 0.553. The summed E-state index contributed by atoms with van der Waals surface area (Å²) in [7, 11) is 2.14. The van der Waals surface area contributed by atoms with E-state index in [1.165, 1.54) is 41.3 Å². The third kappa shape index (κ3) is 1.85. The van der Waals surface area contributed by atoms with Crippen molar-refractivity contribution >= 4 is 21.4 Å². The van der Waals surface area contributed by atoms with Crippen molar-refractivity contribution in [1.82, 2.24) is 5.32 Å². The van der Waals surface area contributed by atoms with Gasteiger partial charge in [-0.15, -0.1) is 11.3 Å². The molecule has 0 saturated heterocycles. The summed E-state index contributed by atoms with van der Waals surface area (Å²) < 4.78 is 1.49. The van der Waals surface area contributed by atoms with E-state index in [-0.39, 0.29) is 0 Å². The number of fused-ring (bicyclic) bond motifs is 3. The first kappa shape index (κ1) is 11.9. The van der Waals surface area contributed by atoms with Gasteiger partial charge in [0.15, 0.2) is 0 Å². The molecule has 4 rings (SSSR count). The number of hydrogen-bond acceptors (Lipinski definition) is 2. The van der Waals surface area contributed by atoms with Crippen molar-refractivity contribution in [1.29, 1.82) is 0 Å². The summed E-state index contributed by atoms with van der Waals surface area (Å²) in [6.45, 7) is 0. The Bertz CT molecular complexity index is 588. The van der Waals surface area contributed by atoms with Gasteiger partial charge in [0.05, 0.1) is 0 Å². The molecule has 1 nitrogen and oxygen atoms in total. The van der Waals surface area contributed by atoms with E-state index in [0.717, 1.165) is 17.8 Å².